The third kappa shape index (κ3) is 9.41. The molecule has 1 aromatic carbocycles. The number of carbonyl (C=O) groups excluding carboxylic acids is 1. The molecule has 0 spiro atoms. The van der Waals surface area contributed by atoms with Crippen LogP contribution in [0.4, 0.5) is 0 Å². The van der Waals surface area contributed by atoms with E-state index in [2.05, 4.69) is 45.9 Å². The van der Waals surface area contributed by atoms with Crippen molar-refractivity contribution in [1.29, 1.82) is 0 Å². The molecule has 0 saturated heterocycles. The number of allylic oxidation sites excluding steroid dienone is 5. The monoisotopic (exact) mass is 354 g/mol. The molecular weight excluding hydrogens is 320 g/mol. The molecule has 0 amide bonds. The Morgan fingerprint density at radius 3 is 2.15 bits per heavy atom. The van der Waals surface area contributed by atoms with Gasteiger partial charge < -0.3 is 4.74 Å². The number of hydrogen-bond acceptors (Lipinski definition) is 2. The average Bonchev–Trinajstić information content (AvgIpc) is 2.60. The first kappa shape index (κ1) is 22.0. The highest BCUT2D eigenvalue weighted by atomic mass is 16.5. The van der Waals surface area contributed by atoms with Gasteiger partial charge in [0, 0.05) is 0 Å². The van der Waals surface area contributed by atoms with Crippen LogP contribution in [0.1, 0.15) is 82.6 Å². The summed E-state index contributed by atoms with van der Waals surface area (Å²) >= 11 is 0. The van der Waals surface area contributed by atoms with Gasteiger partial charge in [-0.3, -0.25) is 0 Å². The Bertz CT molecular complexity index is 641. The van der Waals surface area contributed by atoms with Gasteiger partial charge in [-0.25, -0.2) is 4.79 Å². The van der Waals surface area contributed by atoms with Crippen molar-refractivity contribution in [2.45, 2.75) is 66.7 Å². The second kappa shape index (κ2) is 12.3. The molecule has 1 aromatic rings. The predicted octanol–water partition coefficient (Wildman–Crippen LogP) is 7.13. The minimum Gasteiger partial charge on any atom is -0.462 e. The summed E-state index contributed by atoms with van der Waals surface area (Å²) in [5.41, 5.74) is 5.94. The molecule has 1 rings (SSSR count). The summed E-state index contributed by atoms with van der Waals surface area (Å²) in [4.78, 5) is 11.8. The van der Waals surface area contributed by atoms with Crippen molar-refractivity contribution >= 4 is 12.0 Å². The second-order valence-electron chi connectivity index (χ2n) is 7.16. The Morgan fingerprint density at radius 1 is 0.923 bits per heavy atom. The molecule has 2 nitrogen and oxygen atoms in total. The molecule has 0 saturated carbocycles. The Morgan fingerprint density at radius 2 is 1.54 bits per heavy atom. The molecule has 0 aliphatic carbocycles. The normalized spacial score (nSPS) is 12.0. The summed E-state index contributed by atoms with van der Waals surface area (Å²) in [6.45, 7) is 11.1. The summed E-state index contributed by atoms with van der Waals surface area (Å²) in [5.74, 6) is -0.243. The summed E-state index contributed by atoms with van der Waals surface area (Å²) in [5, 5.41) is 0. The van der Waals surface area contributed by atoms with Crippen molar-refractivity contribution in [3.05, 3.63) is 64.3 Å². The van der Waals surface area contributed by atoms with Crippen LogP contribution in [0, 0.1) is 0 Å². The van der Waals surface area contributed by atoms with Crippen LogP contribution in [0.3, 0.4) is 0 Å². The van der Waals surface area contributed by atoms with E-state index in [1.54, 1.807) is 0 Å². The maximum absolute atomic E-state index is 11.8. The second-order valence-corrected chi connectivity index (χ2v) is 7.16. The number of ether oxygens (including phenoxy) is 1. The Kier molecular flexibility index (Phi) is 10.4. The molecule has 0 N–H and O–H groups in total. The van der Waals surface area contributed by atoms with E-state index in [1.165, 1.54) is 16.7 Å². The number of hydrogen-bond donors (Lipinski definition) is 0. The number of esters is 1. The smallest absolute Gasteiger partial charge is 0.338 e. The molecule has 0 radical (unpaired) electrons. The van der Waals surface area contributed by atoms with Crippen molar-refractivity contribution in [2.75, 3.05) is 6.61 Å². The van der Waals surface area contributed by atoms with E-state index in [4.69, 9.17) is 4.74 Å². The lowest BCUT2D eigenvalue weighted by molar-refractivity contribution is 0.0505. The van der Waals surface area contributed by atoms with Crippen molar-refractivity contribution in [1.82, 2.24) is 0 Å². The fourth-order valence-corrected chi connectivity index (χ4v) is 2.59. The summed E-state index contributed by atoms with van der Waals surface area (Å²) in [6.07, 6.45) is 12.1. The van der Waals surface area contributed by atoms with Crippen LogP contribution in [-0.4, -0.2) is 12.6 Å². The SMILES string of the molecule is CCCOC(=O)c1ccc(/C=C(\C)CC/C=C(\C)CCC=C(C)C)cc1. The lowest BCUT2D eigenvalue weighted by Gasteiger charge is -2.04. The molecule has 0 fully saturated rings. The van der Waals surface area contributed by atoms with Gasteiger partial charge in [0.15, 0.2) is 0 Å². The molecule has 26 heavy (non-hydrogen) atoms. The van der Waals surface area contributed by atoms with Crippen LogP contribution in [0.5, 0.6) is 0 Å². The first-order valence-electron chi connectivity index (χ1n) is 9.65. The van der Waals surface area contributed by atoms with E-state index in [9.17, 15) is 4.79 Å². The molecule has 0 heterocycles. The molecule has 0 bridgehead atoms. The lowest BCUT2D eigenvalue weighted by atomic mass is 10.0. The first-order valence-corrected chi connectivity index (χ1v) is 9.65. The van der Waals surface area contributed by atoms with E-state index >= 15 is 0 Å². The van der Waals surface area contributed by atoms with Gasteiger partial charge in [0.05, 0.1) is 12.2 Å². The van der Waals surface area contributed by atoms with Gasteiger partial charge in [-0.2, -0.15) is 0 Å². The van der Waals surface area contributed by atoms with E-state index < -0.39 is 0 Å². The Labute approximate surface area is 159 Å². The minimum absolute atomic E-state index is 0.243. The average molecular weight is 355 g/mol. The predicted molar refractivity (Wildman–Crippen MR) is 112 cm³/mol. The number of benzene rings is 1. The van der Waals surface area contributed by atoms with Gasteiger partial charge >= 0.3 is 5.97 Å². The standard InChI is InChI=1S/C24H34O2/c1-6-17-26-24(25)23-15-13-22(14-16-23)18-21(5)12-8-11-20(4)10-7-9-19(2)3/h9,11,13-16,18H,6-8,10,12,17H2,1-5H3/b20-11+,21-18+. The lowest BCUT2D eigenvalue weighted by Crippen LogP contribution is -2.05. The topological polar surface area (TPSA) is 26.3 Å². The molecule has 0 atom stereocenters. The van der Waals surface area contributed by atoms with E-state index in [0.717, 1.165) is 37.7 Å². The third-order valence-electron chi connectivity index (χ3n) is 4.12. The van der Waals surface area contributed by atoms with E-state index in [0.29, 0.717) is 12.2 Å². The maximum atomic E-state index is 11.8. The molecule has 0 unspecified atom stereocenters. The molecule has 2 heteroatoms. The molecule has 0 aliphatic rings. The van der Waals surface area contributed by atoms with Crippen LogP contribution in [0.15, 0.2) is 53.1 Å². The molecule has 0 aromatic heterocycles. The van der Waals surface area contributed by atoms with Gasteiger partial charge in [-0.05, 0) is 77.5 Å². The van der Waals surface area contributed by atoms with Crippen LogP contribution < -0.4 is 0 Å². The fraction of sp³-hybridized carbons (Fsp3) is 0.458. The summed E-state index contributed by atoms with van der Waals surface area (Å²) in [6, 6.07) is 7.63. The van der Waals surface area contributed by atoms with E-state index in [1.807, 2.05) is 31.2 Å². The van der Waals surface area contributed by atoms with Crippen molar-refractivity contribution < 1.29 is 9.53 Å². The molecular formula is C24H34O2. The van der Waals surface area contributed by atoms with Crippen molar-refractivity contribution in [3.63, 3.8) is 0 Å². The highest BCUT2D eigenvalue weighted by Gasteiger charge is 2.05. The summed E-state index contributed by atoms with van der Waals surface area (Å²) < 4.78 is 5.15. The fourth-order valence-electron chi connectivity index (χ4n) is 2.59. The highest BCUT2D eigenvalue weighted by Crippen LogP contribution is 2.15. The zero-order chi connectivity index (χ0) is 19.4. The van der Waals surface area contributed by atoms with Crippen LogP contribution >= 0.6 is 0 Å². The van der Waals surface area contributed by atoms with Gasteiger partial charge in [-0.15, -0.1) is 0 Å². The van der Waals surface area contributed by atoms with Crippen molar-refractivity contribution in [3.8, 4) is 0 Å². The Hall–Kier alpha value is -2.09. The van der Waals surface area contributed by atoms with Crippen LogP contribution in [-0.2, 0) is 4.74 Å². The minimum atomic E-state index is -0.243. The van der Waals surface area contributed by atoms with Gasteiger partial charge in [-0.1, -0.05) is 54.0 Å². The zero-order valence-corrected chi connectivity index (χ0v) is 17.1. The Balaban J connectivity index is 2.49. The zero-order valence-electron chi connectivity index (χ0n) is 17.1. The molecule has 0 aliphatic heterocycles. The van der Waals surface area contributed by atoms with Gasteiger partial charge in [0.1, 0.15) is 0 Å². The quantitative estimate of drug-likeness (QED) is 0.330. The highest BCUT2D eigenvalue weighted by molar-refractivity contribution is 5.89. The van der Waals surface area contributed by atoms with Crippen molar-refractivity contribution in [2.24, 2.45) is 0 Å². The third-order valence-corrected chi connectivity index (χ3v) is 4.12. The molecule has 142 valence electrons. The van der Waals surface area contributed by atoms with Gasteiger partial charge in [0.25, 0.3) is 0 Å². The van der Waals surface area contributed by atoms with Crippen LogP contribution in [0.2, 0.25) is 0 Å². The van der Waals surface area contributed by atoms with E-state index in [-0.39, 0.29) is 5.97 Å². The first-order chi connectivity index (χ1) is 12.4. The van der Waals surface area contributed by atoms with Crippen LogP contribution in [0.25, 0.3) is 6.08 Å². The largest absolute Gasteiger partial charge is 0.462 e. The summed E-state index contributed by atoms with van der Waals surface area (Å²) in [7, 11) is 0. The maximum Gasteiger partial charge on any atom is 0.338 e. The van der Waals surface area contributed by atoms with Gasteiger partial charge in [0.2, 0.25) is 0 Å². The number of carbonyl (C=O) groups is 1. The number of rotatable bonds is 10.